The molecule has 5 rings (SSSR count). The van der Waals surface area contributed by atoms with Gasteiger partial charge in [0.25, 0.3) is 0 Å². The Morgan fingerprint density at radius 1 is 1.13 bits per heavy atom. The van der Waals surface area contributed by atoms with E-state index in [2.05, 4.69) is 16.3 Å². The number of fused-ring (bicyclic) bond motifs is 2. The van der Waals surface area contributed by atoms with E-state index in [1.54, 1.807) is 7.11 Å². The van der Waals surface area contributed by atoms with Gasteiger partial charge in [-0.3, -0.25) is 4.98 Å². The monoisotopic (exact) mass is 411 g/mol. The quantitative estimate of drug-likeness (QED) is 0.648. The molecule has 0 radical (unpaired) electrons. The third kappa shape index (κ3) is 3.95. The topological polar surface area (TPSA) is 66.8 Å². The third-order valence-electron chi connectivity index (χ3n) is 6.83. The van der Waals surface area contributed by atoms with Crippen molar-refractivity contribution in [2.75, 3.05) is 38.7 Å². The molecule has 2 fully saturated rings. The van der Waals surface area contributed by atoms with Gasteiger partial charge in [0.1, 0.15) is 0 Å². The molecular formula is C24H33N3O3. The second-order valence-electron chi connectivity index (χ2n) is 9.00. The van der Waals surface area contributed by atoms with Crippen LogP contribution in [0, 0.1) is 0 Å². The predicted molar refractivity (Wildman–Crippen MR) is 119 cm³/mol. The van der Waals surface area contributed by atoms with Gasteiger partial charge in [-0.05, 0) is 76.1 Å². The maximum absolute atomic E-state index is 9.70. The largest absolute Gasteiger partial charge is 0.493 e. The summed E-state index contributed by atoms with van der Waals surface area (Å²) in [5, 5.41) is 14.5. The minimum Gasteiger partial charge on any atom is -0.493 e. The minimum atomic E-state index is -0.168. The van der Waals surface area contributed by atoms with Gasteiger partial charge in [-0.15, -0.1) is 0 Å². The van der Waals surface area contributed by atoms with E-state index in [1.165, 1.54) is 42.9 Å². The van der Waals surface area contributed by atoms with Crippen molar-refractivity contribution in [1.29, 1.82) is 0 Å². The first kappa shape index (κ1) is 19.9. The van der Waals surface area contributed by atoms with Crippen LogP contribution >= 0.6 is 0 Å². The number of aromatic nitrogens is 1. The lowest BCUT2D eigenvalue weighted by atomic mass is 9.89. The molecular weight excluding hydrogens is 378 g/mol. The van der Waals surface area contributed by atoms with E-state index in [9.17, 15) is 5.11 Å². The smallest absolute Gasteiger partial charge is 0.163 e. The van der Waals surface area contributed by atoms with Crippen molar-refractivity contribution >= 4 is 16.6 Å². The molecule has 2 N–H and O–H groups in total. The predicted octanol–water partition coefficient (Wildman–Crippen LogP) is 3.53. The third-order valence-corrected chi connectivity index (χ3v) is 6.83. The summed E-state index contributed by atoms with van der Waals surface area (Å²) in [6.07, 6.45) is 8.38. The van der Waals surface area contributed by atoms with Crippen LogP contribution in [0.3, 0.4) is 0 Å². The normalized spacial score (nSPS) is 23.4. The molecule has 30 heavy (non-hydrogen) atoms. The van der Waals surface area contributed by atoms with Gasteiger partial charge in [0.2, 0.25) is 0 Å². The van der Waals surface area contributed by atoms with Crippen LogP contribution < -0.4 is 14.8 Å². The van der Waals surface area contributed by atoms with E-state index < -0.39 is 0 Å². The number of aliphatic hydroxyl groups is 1. The van der Waals surface area contributed by atoms with E-state index in [1.807, 2.05) is 6.07 Å². The summed E-state index contributed by atoms with van der Waals surface area (Å²) in [4.78, 5) is 7.49. The van der Waals surface area contributed by atoms with Gasteiger partial charge in [0, 0.05) is 35.4 Å². The van der Waals surface area contributed by atoms with E-state index >= 15 is 0 Å². The number of aryl methyl sites for hydroxylation is 1. The van der Waals surface area contributed by atoms with E-state index in [4.69, 9.17) is 14.5 Å². The zero-order valence-corrected chi connectivity index (χ0v) is 18.0. The Hall–Kier alpha value is -2.05. The average molecular weight is 412 g/mol. The number of anilines is 1. The number of aliphatic hydroxyl groups excluding tert-OH is 1. The molecule has 0 amide bonds. The summed E-state index contributed by atoms with van der Waals surface area (Å²) in [6.45, 7) is 4.24. The van der Waals surface area contributed by atoms with Gasteiger partial charge in [0.05, 0.1) is 25.3 Å². The highest BCUT2D eigenvalue weighted by Crippen LogP contribution is 2.41. The molecule has 1 aromatic carbocycles. The molecule has 0 atom stereocenters. The van der Waals surface area contributed by atoms with Crippen molar-refractivity contribution in [3.63, 3.8) is 0 Å². The van der Waals surface area contributed by atoms with Crippen LogP contribution in [0.2, 0.25) is 0 Å². The average Bonchev–Trinajstić information content (AvgIpc) is 3.41. The van der Waals surface area contributed by atoms with Crippen molar-refractivity contribution in [1.82, 2.24) is 9.88 Å². The lowest BCUT2D eigenvalue weighted by molar-refractivity contribution is 0.0837. The van der Waals surface area contributed by atoms with Crippen LogP contribution in [0.25, 0.3) is 10.9 Å². The van der Waals surface area contributed by atoms with E-state index in [-0.39, 0.29) is 6.10 Å². The summed E-state index contributed by atoms with van der Waals surface area (Å²) >= 11 is 0. The second-order valence-corrected chi connectivity index (χ2v) is 9.00. The van der Waals surface area contributed by atoms with Crippen LogP contribution in [0.5, 0.6) is 11.5 Å². The standard InChI is InChI=1S/C24H33N3O3/c1-29-22-14-19-21(15-23(22)30-11-5-10-27-8-2-3-9-27)26-20-7-4-6-18(20)24(19)25-16-12-17(28)13-16/h14-17,28H,2-13H2,1H3,(H,25,26)/t16-,17+. The van der Waals surface area contributed by atoms with Gasteiger partial charge in [0.15, 0.2) is 11.5 Å². The minimum absolute atomic E-state index is 0.168. The first-order valence-electron chi connectivity index (χ1n) is 11.5. The molecule has 3 aliphatic rings. The Morgan fingerprint density at radius 3 is 2.73 bits per heavy atom. The molecule has 1 aliphatic heterocycles. The number of nitrogens with zero attached hydrogens (tertiary/aromatic N) is 2. The van der Waals surface area contributed by atoms with Gasteiger partial charge in [-0.25, -0.2) is 0 Å². The number of benzene rings is 1. The fourth-order valence-corrected chi connectivity index (χ4v) is 5.09. The lowest BCUT2D eigenvalue weighted by Gasteiger charge is -2.34. The molecule has 0 spiro atoms. The van der Waals surface area contributed by atoms with Gasteiger partial charge in [-0.1, -0.05) is 0 Å². The fraction of sp³-hybridized carbons (Fsp3) is 0.625. The highest BCUT2D eigenvalue weighted by Gasteiger charge is 2.30. The van der Waals surface area contributed by atoms with Crippen molar-refractivity contribution < 1.29 is 14.6 Å². The van der Waals surface area contributed by atoms with Crippen LogP contribution in [0.4, 0.5) is 5.69 Å². The maximum Gasteiger partial charge on any atom is 0.163 e. The number of ether oxygens (including phenoxy) is 2. The highest BCUT2D eigenvalue weighted by atomic mass is 16.5. The molecule has 6 nitrogen and oxygen atoms in total. The van der Waals surface area contributed by atoms with Gasteiger partial charge < -0.3 is 24.8 Å². The molecule has 2 aliphatic carbocycles. The molecule has 2 heterocycles. The first-order chi connectivity index (χ1) is 14.7. The molecule has 162 valence electrons. The fourth-order valence-electron chi connectivity index (χ4n) is 5.09. The summed E-state index contributed by atoms with van der Waals surface area (Å²) in [7, 11) is 1.70. The Bertz CT molecular complexity index is 904. The SMILES string of the molecule is COc1cc2c(N[C@H]3C[C@@H](O)C3)c3c(nc2cc1OCCCN1CCCC1)CCC3. The number of nitrogens with one attached hydrogen (secondary N) is 1. The van der Waals surface area contributed by atoms with Crippen molar-refractivity contribution in [2.24, 2.45) is 0 Å². The zero-order valence-electron chi connectivity index (χ0n) is 18.0. The number of likely N-dealkylation sites (tertiary alicyclic amines) is 1. The molecule has 6 heteroatoms. The summed E-state index contributed by atoms with van der Waals surface area (Å²) in [5.74, 6) is 1.54. The molecule has 1 aromatic heterocycles. The van der Waals surface area contributed by atoms with Crippen molar-refractivity contribution in [3.05, 3.63) is 23.4 Å². The van der Waals surface area contributed by atoms with Crippen LogP contribution in [-0.2, 0) is 12.8 Å². The Kier molecular flexibility index (Phi) is 5.70. The molecule has 1 saturated heterocycles. The van der Waals surface area contributed by atoms with Crippen molar-refractivity contribution in [3.8, 4) is 11.5 Å². The summed E-state index contributed by atoms with van der Waals surface area (Å²) in [6, 6.07) is 4.46. The van der Waals surface area contributed by atoms with Crippen LogP contribution in [0.1, 0.15) is 49.8 Å². The highest BCUT2D eigenvalue weighted by molar-refractivity contribution is 5.96. The maximum atomic E-state index is 9.70. The molecule has 0 unspecified atom stereocenters. The van der Waals surface area contributed by atoms with Crippen molar-refractivity contribution in [2.45, 2.75) is 63.5 Å². The Morgan fingerprint density at radius 2 is 1.97 bits per heavy atom. The second kappa shape index (κ2) is 8.60. The molecule has 1 saturated carbocycles. The number of hydrogen-bond donors (Lipinski definition) is 2. The lowest BCUT2D eigenvalue weighted by Crippen LogP contribution is -2.39. The zero-order chi connectivity index (χ0) is 20.5. The van der Waals surface area contributed by atoms with Crippen LogP contribution in [-0.4, -0.2) is 60.5 Å². The van der Waals surface area contributed by atoms with Gasteiger partial charge in [-0.2, -0.15) is 0 Å². The summed E-state index contributed by atoms with van der Waals surface area (Å²) < 4.78 is 11.8. The first-order valence-corrected chi connectivity index (χ1v) is 11.5. The molecule has 0 bridgehead atoms. The van der Waals surface area contributed by atoms with Crippen LogP contribution in [0.15, 0.2) is 12.1 Å². The number of rotatable bonds is 8. The number of pyridine rings is 1. The Balaban J connectivity index is 1.38. The molecule has 2 aromatic rings. The Labute approximate surface area is 178 Å². The number of methoxy groups -OCH3 is 1. The number of hydrogen-bond acceptors (Lipinski definition) is 6. The van der Waals surface area contributed by atoms with E-state index in [0.717, 1.165) is 67.5 Å². The summed E-state index contributed by atoms with van der Waals surface area (Å²) in [5.41, 5.74) is 4.69. The van der Waals surface area contributed by atoms with E-state index in [0.29, 0.717) is 12.6 Å². The van der Waals surface area contributed by atoms with Gasteiger partial charge >= 0.3 is 0 Å².